The van der Waals surface area contributed by atoms with E-state index in [1.54, 1.807) is 0 Å². The molecule has 108 valence electrons. The van der Waals surface area contributed by atoms with Gasteiger partial charge in [-0.15, -0.1) is 10.2 Å². The molecule has 0 spiro atoms. The van der Waals surface area contributed by atoms with Gasteiger partial charge in [0, 0.05) is 31.7 Å². The summed E-state index contributed by atoms with van der Waals surface area (Å²) >= 11 is 0. The summed E-state index contributed by atoms with van der Waals surface area (Å²) in [6, 6.07) is 14.2. The molecule has 3 heterocycles. The van der Waals surface area contributed by atoms with Crippen molar-refractivity contribution < 1.29 is 4.74 Å². The minimum Gasteiger partial charge on any atom is -0.369 e. The van der Waals surface area contributed by atoms with Crippen molar-refractivity contribution in [2.24, 2.45) is 0 Å². The summed E-state index contributed by atoms with van der Waals surface area (Å²) < 4.78 is 5.91. The lowest BCUT2D eigenvalue weighted by atomic mass is 10.1. The third-order valence-corrected chi connectivity index (χ3v) is 4.02. The Bertz CT molecular complexity index is 589. The zero-order valence-electron chi connectivity index (χ0n) is 11.8. The number of morpholine rings is 2. The first-order valence-electron chi connectivity index (χ1n) is 7.39. The minimum atomic E-state index is 0.257. The predicted molar refractivity (Wildman–Crippen MR) is 81.2 cm³/mol. The topological polar surface area (TPSA) is 50.3 Å². The Labute approximate surface area is 123 Å². The molecule has 0 aliphatic carbocycles. The highest BCUT2D eigenvalue weighted by Crippen LogP contribution is 2.22. The molecule has 0 amide bonds. The zero-order valence-corrected chi connectivity index (χ0v) is 11.8. The monoisotopic (exact) mass is 282 g/mol. The van der Waals surface area contributed by atoms with Crippen LogP contribution in [-0.4, -0.2) is 48.6 Å². The fourth-order valence-corrected chi connectivity index (χ4v) is 3.00. The highest BCUT2D eigenvalue weighted by molar-refractivity contribution is 5.59. The van der Waals surface area contributed by atoms with E-state index < -0.39 is 0 Å². The standard InChI is InChI=1S/C16H18N4O/c1-2-4-12(5-3-1)15-6-7-16(19-18-15)20-10-13-8-17-9-14(11-20)21-13/h1-7,13-14,17H,8-11H2. The molecule has 5 heteroatoms. The molecular formula is C16H18N4O. The first-order chi connectivity index (χ1) is 10.4. The van der Waals surface area contributed by atoms with Crippen LogP contribution in [0.15, 0.2) is 42.5 Å². The van der Waals surface area contributed by atoms with Crippen LogP contribution >= 0.6 is 0 Å². The fraction of sp³-hybridized carbons (Fsp3) is 0.375. The van der Waals surface area contributed by atoms with Crippen molar-refractivity contribution in [3.63, 3.8) is 0 Å². The van der Waals surface area contributed by atoms with Crippen molar-refractivity contribution in [2.75, 3.05) is 31.1 Å². The summed E-state index contributed by atoms with van der Waals surface area (Å²) in [5.74, 6) is 0.940. The van der Waals surface area contributed by atoms with E-state index in [9.17, 15) is 0 Å². The normalized spacial score (nSPS) is 24.9. The number of anilines is 1. The molecule has 2 unspecified atom stereocenters. The number of ether oxygens (including phenoxy) is 1. The van der Waals surface area contributed by atoms with Gasteiger partial charge in [0.1, 0.15) is 0 Å². The average Bonchev–Trinajstić information content (AvgIpc) is 2.55. The van der Waals surface area contributed by atoms with Gasteiger partial charge < -0.3 is 15.0 Å². The van der Waals surface area contributed by atoms with Crippen LogP contribution in [0.5, 0.6) is 0 Å². The fourth-order valence-electron chi connectivity index (χ4n) is 3.00. The van der Waals surface area contributed by atoms with Crippen molar-refractivity contribution in [2.45, 2.75) is 12.2 Å². The van der Waals surface area contributed by atoms with Gasteiger partial charge in [-0.3, -0.25) is 0 Å². The van der Waals surface area contributed by atoms with Gasteiger partial charge >= 0.3 is 0 Å². The average molecular weight is 282 g/mol. The van der Waals surface area contributed by atoms with Gasteiger partial charge in [-0.25, -0.2) is 0 Å². The summed E-state index contributed by atoms with van der Waals surface area (Å²) in [4.78, 5) is 2.28. The van der Waals surface area contributed by atoms with Crippen LogP contribution in [0, 0.1) is 0 Å². The Morgan fingerprint density at radius 1 is 0.952 bits per heavy atom. The largest absolute Gasteiger partial charge is 0.369 e. The Hall–Kier alpha value is -1.98. The van der Waals surface area contributed by atoms with Gasteiger partial charge in [0.2, 0.25) is 0 Å². The molecule has 0 saturated carbocycles. The molecule has 2 aliphatic rings. The van der Waals surface area contributed by atoms with Gasteiger partial charge in [0.15, 0.2) is 5.82 Å². The smallest absolute Gasteiger partial charge is 0.151 e. The second kappa shape index (κ2) is 5.42. The Balaban J connectivity index is 1.54. The van der Waals surface area contributed by atoms with Crippen molar-refractivity contribution in [1.29, 1.82) is 0 Å². The molecule has 2 fully saturated rings. The molecule has 2 bridgehead atoms. The molecule has 2 saturated heterocycles. The van der Waals surface area contributed by atoms with E-state index in [4.69, 9.17) is 4.74 Å². The number of hydrogen-bond donors (Lipinski definition) is 1. The Morgan fingerprint density at radius 2 is 1.71 bits per heavy atom. The van der Waals surface area contributed by atoms with Crippen molar-refractivity contribution >= 4 is 5.82 Å². The van der Waals surface area contributed by atoms with E-state index in [-0.39, 0.29) is 12.2 Å². The van der Waals surface area contributed by atoms with Crippen LogP contribution in [0.3, 0.4) is 0 Å². The van der Waals surface area contributed by atoms with E-state index >= 15 is 0 Å². The second-order valence-corrected chi connectivity index (χ2v) is 5.59. The third-order valence-electron chi connectivity index (χ3n) is 4.02. The Kier molecular flexibility index (Phi) is 3.29. The molecule has 2 aromatic rings. The number of nitrogens with zero attached hydrogens (tertiary/aromatic N) is 3. The van der Waals surface area contributed by atoms with Crippen LogP contribution in [0.2, 0.25) is 0 Å². The first-order valence-corrected chi connectivity index (χ1v) is 7.39. The number of benzene rings is 1. The second-order valence-electron chi connectivity index (χ2n) is 5.59. The molecule has 4 rings (SSSR count). The molecule has 2 atom stereocenters. The predicted octanol–water partition coefficient (Wildman–Crippen LogP) is 1.32. The maximum absolute atomic E-state index is 5.91. The molecule has 1 aromatic carbocycles. The quantitative estimate of drug-likeness (QED) is 0.900. The Morgan fingerprint density at radius 3 is 2.38 bits per heavy atom. The highest BCUT2D eigenvalue weighted by atomic mass is 16.5. The van der Waals surface area contributed by atoms with E-state index in [0.717, 1.165) is 43.3 Å². The first kappa shape index (κ1) is 12.7. The lowest BCUT2D eigenvalue weighted by molar-refractivity contribution is -0.0486. The number of rotatable bonds is 2. The van der Waals surface area contributed by atoms with Gasteiger partial charge in [-0.05, 0) is 12.1 Å². The molecule has 21 heavy (non-hydrogen) atoms. The van der Waals surface area contributed by atoms with Gasteiger partial charge in [0.05, 0.1) is 17.9 Å². The summed E-state index contributed by atoms with van der Waals surface area (Å²) in [5.41, 5.74) is 2.01. The van der Waals surface area contributed by atoms with Crippen LogP contribution in [0.1, 0.15) is 0 Å². The number of aromatic nitrogens is 2. The summed E-state index contributed by atoms with van der Waals surface area (Å²) in [5, 5.41) is 12.2. The maximum Gasteiger partial charge on any atom is 0.151 e. The van der Waals surface area contributed by atoms with E-state index in [0.29, 0.717) is 0 Å². The number of nitrogens with one attached hydrogen (secondary N) is 1. The highest BCUT2D eigenvalue weighted by Gasteiger charge is 2.31. The molecule has 0 radical (unpaired) electrons. The molecule has 1 aromatic heterocycles. The molecule has 1 N–H and O–H groups in total. The van der Waals surface area contributed by atoms with Crippen molar-refractivity contribution in [1.82, 2.24) is 15.5 Å². The van der Waals surface area contributed by atoms with Gasteiger partial charge in [-0.1, -0.05) is 30.3 Å². The molecule has 5 nitrogen and oxygen atoms in total. The van der Waals surface area contributed by atoms with Crippen LogP contribution in [0.25, 0.3) is 11.3 Å². The lowest BCUT2D eigenvalue weighted by Crippen LogP contribution is -2.58. The summed E-state index contributed by atoms with van der Waals surface area (Å²) in [6.45, 7) is 3.59. The SMILES string of the molecule is c1ccc(-c2ccc(N3CC4CNCC(C3)O4)nn2)cc1. The van der Waals surface area contributed by atoms with Crippen molar-refractivity contribution in [3.8, 4) is 11.3 Å². The number of hydrogen-bond acceptors (Lipinski definition) is 5. The minimum absolute atomic E-state index is 0.257. The maximum atomic E-state index is 5.91. The van der Waals surface area contributed by atoms with E-state index in [1.165, 1.54) is 0 Å². The lowest BCUT2D eigenvalue weighted by Gasteiger charge is -2.42. The summed E-state index contributed by atoms with van der Waals surface area (Å²) in [7, 11) is 0. The molecule has 2 aliphatic heterocycles. The van der Waals surface area contributed by atoms with Gasteiger partial charge in [-0.2, -0.15) is 0 Å². The van der Waals surface area contributed by atoms with E-state index in [2.05, 4.69) is 38.6 Å². The van der Waals surface area contributed by atoms with Crippen LogP contribution in [-0.2, 0) is 4.74 Å². The van der Waals surface area contributed by atoms with Crippen LogP contribution in [0.4, 0.5) is 5.82 Å². The van der Waals surface area contributed by atoms with Crippen molar-refractivity contribution in [3.05, 3.63) is 42.5 Å². The van der Waals surface area contributed by atoms with E-state index in [1.807, 2.05) is 24.3 Å². The number of fused-ring (bicyclic) bond motifs is 2. The third kappa shape index (κ3) is 2.62. The summed E-state index contributed by atoms with van der Waals surface area (Å²) in [6.07, 6.45) is 0.515. The van der Waals surface area contributed by atoms with Gasteiger partial charge in [0.25, 0.3) is 0 Å². The van der Waals surface area contributed by atoms with Crippen LogP contribution < -0.4 is 10.2 Å². The molecular weight excluding hydrogens is 264 g/mol. The zero-order chi connectivity index (χ0) is 14.1.